The molecule has 2 aromatic carbocycles. The Balaban J connectivity index is 1.56. The Labute approximate surface area is 148 Å². The van der Waals surface area contributed by atoms with Crippen molar-refractivity contribution in [3.8, 4) is 11.4 Å². The predicted molar refractivity (Wildman–Crippen MR) is 102 cm³/mol. The number of rotatable bonds is 3. The Hall–Kier alpha value is -2.30. The average molecular weight is 332 g/mol. The SMILES string of the molecule is CC1CC(N)CCN1Cc1cnc(-c2cccc3ccccc23)nc1. The average Bonchev–Trinajstić information content (AvgIpc) is 2.64. The van der Waals surface area contributed by atoms with Crippen LogP contribution in [-0.4, -0.2) is 33.5 Å². The Bertz CT molecular complexity index is 854. The molecule has 128 valence electrons. The highest BCUT2D eigenvalue weighted by Gasteiger charge is 2.23. The molecule has 0 bridgehead atoms. The molecule has 3 aromatic rings. The zero-order chi connectivity index (χ0) is 17.2. The van der Waals surface area contributed by atoms with Gasteiger partial charge in [-0.1, -0.05) is 42.5 Å². The van der Waals surface area contributed by atoms with E-state index in [9.17, 15) is 0 Å². The zero-order valence-corrected chi connectivity index (χ0v) is 14.6. The molecule has 25 heavy (non-hydrogen) atoms. The summed E-state index contributed by atoms with van der Waals surface area (Å²) in [6, 6.07) is 15.5. The Kier molecular flexibility index (Phi) is 4.47. The molecule has 4 nitrogen and oxygen atoms in total. The molecular weight excluding hydrogens is 308 g/mol. The van der Waals surface area contributed by atoms with E-state index in [0.29, 0.717) is 12.1 Å². The van der Waals surface area contributed by atoms with E-state index in [1.54, 1.807) is 0 Å². The highest BCUT2D eigenvalue weighted by molar-refractivity contribution is 5.94. The molecule has 2 N–H and O–H groups in total. The van der Waals surface area contributed by atoms with Gasteiger partial charge in [-0.15, -0.1) is 0 Å². The number of aromatic nitrogens is 2. The molecule has 0 aliphatic carbocycles. The van der Waals surface area contributed by atoms with Crippen LogP contribution in [0.2, 0.25) is 0 Å². The molecule has 0 spiro atoms. The summed E-state index contributed by atoms with van der Waals surface area (Å²) in [6.07, 6.45) is 6.06. The standard InChI is InChI=1S/C21H24N4/c1-15-11-18(22)9-10-25(15)14-16-12-23-21(24-13-16)20-8-4-6-17-5-2-3-7-19(17)20/h2-8,12-13,15,18H,9-11,14,22H2,1H3. The molecule has 1 saturated heterocycles. The summed E-state index contributed by atoms with van der Waals surface area (Å²) in [4.78, 5) is 11.8. The number of likely N-dealkylation sites (tertiary alicyclic amines) is 1. The Morgan fingerprint density at radius 1 is 1.08 bits per heavy atom. The first-order valence-corrected chi connectivity index (χ1v) is 8.99. The van der Waals surface area contributed by atoms with Gasteiger partial charge in [0.05, 0.1) is 0 Å². The first-order valence-electron chi connectivity index (χ1n) is 8.99. The lowest BCUT2D eigenvalue weighted by atomic mass is 9.99. The fraction of sp³-hybridized carbons (Fsp3) is 0.333. The van der Waals surface area contributed by atoms with Gasteiger partial charge in [-0.05, 0) is 30.5 Å². The van der Waals surface area contributed by atoms with Gasteiger partial charge in [-0.3, -0.25) is 4.90 Å². The molecule has 4 rings (SSSR count). The van der Waals surface area contributed by atoms with Gasteiger partial charge in [-0.25, -0.2) is 9.97 Å². The molecule has 1 fully saturated rings. The smallest absolute Gasteiger partial charge is 0.159 e. The molecular formula is C21H24N4. The lowest BCUT2D eigenvalue weighted by Crippen LogP contribution is -2.44. The van der Waals surface area contributed by atoms with Crippen molar-refractivity contribution in [1.82, 2.24) is 14.9 Å². The minimum Gasteiger partial charge on any atom is -0.328 e. The molecule has 0 saturated carbocycles. The molecule has 1 aromatic heterocycles. The number of hydrogen-bond acceptors (Lipinski definition) is 4. The van der Waals surface area contributed by atoms with Crippen molar-refractivity contribution in [1.29, 1.82) is 0 Å². The molecule has 2 atom stereocenters. The van der Waals surface area contributed by atoms with Crippen LogP contribution in [0.4, 0.5) is 0 Å². The minimum absolute atomic E-state index is 0.344. The Morgan fingerprint density at radius 3 is 2.64 bits per heavy atom. The molecule has 0 radical (unpaired) electrons. The van der Waals surface area contributed by atoms with Gasteiger partial charge >= 0.3 is 0 Å². The fourth-order valence-corrected chi connectivity index (χ4v) is 3.72. The molecule has 1 aliphatic heterocycles. The number of nitrogens with zero attached hydrogens (tertiary/aromatic N) is 3. The van der Waals surface area contributed by atoms with Crippen LogP contribution < -0.4 is 5.73 Å². The zero-order valence-electron chi connectivity index (χ0n) is 14.6. The van der Waals surface area contributed by atoms with Gasteiger partial charge in [0.15, 0.2) is 5.82 Å². The molecule has 2 unspecified atom stereocenters. The number of hydrogen-bond donors (Lipinski definition) is 1. The summed E-state index contributed by atoms with van der Waals surface area (Å²) in [5, 5.41) is 2.41. The van der Waals surface area contributed by atoms with E-state index in [1.807, 2.05) is 12.4 Å². The molecule has 0 amide bonds. The van der Waals surface area contributed by atoms with Crippen molar-refractivity contribution in [3.63, 3.8) is 0 Å². The molecule has 4 heteroatoms. The third-order valence-corrected chi connectivity index (χ3v) is 5.18. The Morgan fingerprint density at radius 2 is 1.84 bits per heavy atom. The largest absolute Gasteiger partial charge is 0.328 e. The fourth-order valence-electron chi connectivity index (χ4n) is 3.72. The molecule has 2 heterocycles. The number of nitrogens with two attached hydrogens (primary N) is 1. The first kappa shape index (κ1) is 16.2. The van der Waals surface area contributed by atoms with E-state index in [1.165, 1.54) is 10.8 Å². The maximum atomic E-state index is 6.06. The number of fused-ring (bicyclic) bond motifs is 1. The van der Waals surface area contributed by atoms with Crippen molar-refractivity contribution in [2.45, 2.75) is 38.4 Å². The maximum Gasteiger partial charge on any atom is 0.159 e. The van der Waals surface area contributed by atoms with Crippen LogP contribution in [0.3, 0.4) is 0 Å². The number of piperidine rings is 1. The van der Waals surface area contributed by atoms with E-state index < -0.39 is 0 Å². The lowest BCUT2D eigenvalue weighted by Gasteiger charge is -2.36. The van der Waals surface area contributed by atoms with Crippen LogP contribution in [0, 0.1) is 0 Å². The second-order valence-electron chi connectivity index (χ2n) is 7.05. The van der Waals surface area contributed by atoms with Crippen molar-refractivity contribution >= 4 is 10.8 Å². The van der Waals surface area contributed by atoms with Crippen LogP contribution >= 0.6 is 0 Å². The molecule has 1 aliphatic rings. The quantitative estimate of drug-likeness (QED) is 0.796. The topological polar surface area (TPSA) is 55.0 Å². The second kappa shape index (κ2) is 6.90. The normalized spacial score (nSPS) is 21.5. The first-order chi connectivity index (χ1) is 12.2. The van der Waals surface area contributed by atoms with Crippen LogP contribution in [0.15, 0.2) is 54.9 Å². The van der Waals surface area contributed by atoms with E-state index in [2.05, 4.69) is 64.3 Å². The van der Waals surface area contributed by atoms with E-state index >= 15 is 0 Å². The summed E-state index contributed by atoms with van der Waals surface area (Å²) in [6.45, 7) is 4.20. The van der Waals surface area contributed by atoms with Gasteiger partial charge in [0.1, 0.15) is 0 Å². The third kappa shape index (κ3) is 3.41. The van der Waals surface area contributed by atoms with Crippen LogP contribution in [0.5, 0.6) is 0 Å². The van der Waals surface area contributed by atoms with Crippen LogP contribution in [-0.2, 0) is 6.54 Å². The summed E-state index contributed by atoms with van der Waals surface area (Å²) in [5.74, 6) is 0.786. The maximum absolute atomic E-state index is 6.06. The van der Waals surface area contributed by atoms with E-state index in [-0.39, 0.29) is 0 Å². The van der Waals surface area contributed by atoms with Gasteiger partial charge in [0.2, 0.25) is 0 Å². The predicted octanol–water partition coefficient (Wildman–Crippen LogP) is 3.61. The third-order valence-electron chi connectivity index (χ3n) is 5.18. The van der Waals surface area contributed by atoms with Gasteiger partial charge < -0.3 is 5.73 Å². The van der Waals surface area contributed by atoms with Gasteiger partial charge in [0.25, 0.3) is 0 Å². The summed E-state index contributed by atoms with van der Waals surface area (Å²) in [5.41, 5.74) is 8.30. The number of benzene rings is 2. The second-order valence-corrected chi connectivity index (χ2v) is 7.05. The van der Waals surface area contributed by atoms with Crippen molar-refractivity contribution < 1.29 is 0 Å². The summed E-state index contributed by atoms with van der Waals surface area (Å²) < 4.78 is 0. The van der Waals surface area contributed by atoms with Gasteiger partial charge in [0, 0.05) is 48.7 Å². The summed E-state index contributed by atoms with van der Waals surface area (Å²) >= 11 is 0. The van der Waals surface area contributed by atoms with Crippen molar-refractivity contribution in [2.24, 2.45) is 5.73 Å². The van der Waals surface area contributed by atoms with Crippen molar-refractivity contribution in [2.75, 3.05) is 6.54 Å². The highest BCUT2D eigenvalue weighted by atomic mass is 15.2. The van der Waals surface area contributed by atoms with Crippen LogP contribution in [0.25, 0.3) is 22.2 Å². The monoisotopic (exact) mass is 332 g/mol. The highest BCUT2D eigenvalue weighted by Crippen LogP contribution is 2.26. The lowest BCUT2D eigenvalue weighted by molar-refractivity contribution is 0.139. The van der Waals surface area contributed by atoms with Gasteiger partial charge in [-0.2, -0.15) is 0 Å². The minimum atomic E-state index is 0.344. The van der Waals surface area contributed by atoms with E-state index in [4.69, 9.17) is 5.73 Å². The van der Waals surface area contributed by atoms with Crippen molar-refractivity contribution in [3.05, 3.63) is 60.4 Å². The van der Waals surface area contributed by atoms with E-state index in [0.717, 1.165) is 42.9 Å². The van der Waals surface area contributed by atoms with Crippen LogP contribution in [0.1, 0.15) is 25.3 Å². The summed E-state index contributed by atoms with van der Waals surface area (Å²) in [7, 11) is 0.